The number of benzene rings is 2. The van der Waals surface area contributed by atoms with E-state index in [2.05, 4.69) is 34.5 Å². The van der Waals surface area contributed by atoms with Crippen LogP contribution < -0.4 is 0 Å². The van der Waals surface area contributed by atoms with Crippen LogP contribution in [0.3, 0.4) is 0 Å². The van der Waals surface area contributed by atoms with Gasteiger partial charge in [0.2, 0.25) is 0 Å². The number of nitrogens with zero attached hydrogens (tertiary/aromatic N) is 4. The first kappa shape index (κ1) is 17.0. The first-order chi connectivity index (χ1) is 13.2. The van der Waals surface area contributed by atoms with Gasteiger partial charge in [-0.05, 0) is 24.1 Å². The maximum absolute atomic E-state index is 12.9. The Bertz CT molecular complexity index is 1030. The molecule has 0 amide bonds. The number of aromatic nitrogens is 4. The van der Waals surface area contributed by atoms with Gasteiger partial charge in [-0.15, -0.1) is 0 Å². The second kappa shape index (κ2) is 7.41. The Balaban J connectivity index is 1.79. The van der Waals surface area contributed by atoms with Crippen molar-refractivity contribution < 1.29 is 4.79 Å². The first-order valence-electron chi connectivity index (χ1n) is 8.92. The van der Waals surface area contributed by atoms with Gasteiger partial charge in [0, 0.05) is 30.8 Å². The average molecular weight is 356 g/mol. The molecule has 2 aromatic heterocycles. The molecule has 0 unspecified atom stereocenters. The average Bonchev–Trinajstić information content (AvgIpc) is 3.33. The minimum Gasteiger partial charge on any atom is -0.244 e. The van der Waals surface area contributed by atoms with E-state index in [0.717, 1.165) is 28.9 Å². The molecule has 0 fully saturated rings. The molecule has 0 aliphatic heterocycles. The van der Waals surface area contributed by atoms with Gasteiger partial charge in [-0.25, -0.2) is 4.79 Å². The summed E-state index contributed by atoms with van der Waals surface area (Å²) in [5, 5.41) is 8.64. The summed E-state index contributed by atoms with van der Waals surface area (Å²) in [6.07, 6.45) is 4.61. The lowest BCUT2D eigenvalue weighted by Gasteiger charge is -2.09. The Morgan fingerprint density at radius 1 is 0.889 bits per heavy atom. The van der Waals surface area contributed by atoms with E-state index < -0.39 is 0 Å². The van der Waals surface area contributed by atoms with E-state index in [1.165, 1.54) is 14.9 Å². The summed E-state index contributed by atoms with van der Waals surface area (Å²) in [5.41, 5.74) is 5.20. The number of aryl methyl sites for hydroxylation is 1. The summed E-state index contributed by atoms with van der Waals surface area (Å²) < 4.78 is 2.81. The molecule has 0 bridgehead atoms. The van der Waals surface area contributed by atoms with Crippen LogP contribution >= 0.6 is 0 Å². The van der Waals surface area contributed by atoms with Gasteiger partial charge in [-0.3, -0.25) is 0 Å². The Morgan fingerprint density at radius 3 is 2.11 bits per heavy atom. The molecule has 4 aromatic rings. The van der Waals surface area contributed by atoms with E-state index in [1.807, 2.05) is 43.3 Å². The third-order valence-corrected chi connectivity index (χ3v) is 4.61. The van der Waals surface area contributed by atoms with Gasteiger partial charge in [0.05, 0.1) is 11.4 Å². The minimum atomic E-state index is -0.270. The number of carbonyl (C=O) groups excluding carboxylic acids is 1. The van der Waals surface area contributed by atoms with Crippen LogP contribution in [0.25, 0.3) is 0 Å². The third-order valence-electron chi connectivity index (χ3n) is 4.61. The molecule has 0 radical (unpaired) electrons. The van der Waals surface area contributed by atoms with E-state index in [1.54, 1.807) is 18.5 Å². The molecule has 27 heavy (non-hydrogen) atoms. The standard InChI is InChI=1S/C22H20N4O/c1-17-20(15-18-9-4-2-5-10-18)21(16-19-11-6-3-7-12-19)26(24-17)22(27)25-14-8-13-23-25/h2-14H,15-16H2,1H3. The first-order valence-corrected chi connectivity index (χ1v) is 8.92. The maximum Gasteiger partial charge on any atom is 0.369 e. The van der Waals surface area contributed by atoms with Gasteiger partial charge in [-0.2, -0.15) is 19.6 Å². The van der Waals surface area contributed by atoms with Gasteiger partial charge < -0.3 is 0 Å². The highest BCUT2D eigenvalue weighted by molar-refractivity contribution is 5.78. The van der Waals surface area contributed by atoms with Crippen LogP contribution in [0.1, 0.15) is 28.1 Å². The molecule has 134 valence electrons. The van der Waals surface area contributed by atoms with Crippen molar-refractivity contribution in [2.24, 2.45) is 0 Å². The van der Waals surface area contributed by atoms with Gasteiger partial charge in [0.1, 0.15) is 0 Å². The molecule has 0 aliphatic rings. The molecular formula is C22H20N4O. The Labute approximate surface area is 157 Å². The number of rotatable bonds is 4. The molecule has 2 aromatic carbocycles. The highest BCUT2D eigenvalue weighted by atomic mass is 16.2. The predicted molar refractivity (Wildman–Crippen MR) is 104 cm³/mol. The monoisotopic (exact) mass is 356 g/mol. The zero-order chi connectivity index (χ0) is 18.6. The number of hydrogen-bond acceptors (Lipinski definition) is 3. The molecule has 0 atom stereocenters. The largest absolute Gasteiger partial charge is 0.369 e. The predicted octanol–water partition coefficient (Wildman–Crippen LogP) is 4.09. The van der Waals surface area contributed by atoms with E-state index in [9.17, 15) is 4.79 Å². The van der Waals surface area contributed by atoms with Crippen molar-refractivity contribution in [1.29, 1.82) is 0 Å². The normalized spacial score (nSPS) is 10.9. The van der Waals surface area contributed by atoms with Crippen molar-refractivity contribution in [2.75, 3.05) is 0 Å². The molecule has 0 saturated carbocycles. The van der Waals surface area contributed by atoms with Crippen LogP contribution in [0, 0.1) is 6.92 Å². The Morgan fingerprint density at radius 2 is 1.52 bits per heavy atom. The smallest absolute Gasteiger partial charge is 0.244 e. The van der Waals surface area contributed by atoms with Crippen molar-refractivity contribution in [1.82, 2.24) is 19.6 Å². The molecule has 2 heterocycles. The summed E-state index contributed by atoms with van der Waals surface area (Å²) in [6.45, 7) is 1.96. The van der Waals surface area contributed by atoms with Crippen LogP contribution in [-0.2, 0) is 12.8 Å². The van der Waals surface area contributed by atoms with Crippen molar-refractivity contribution in [2.45, 2.75) is 19.8 Å². The van der Waals surface area contributed by atoms with E-state index >= 15 is 0 Å². The molecule has 0 spiro atoms. The van der Waals surface area contributed by atoms with Crippen LogP contribution in [0.2, 0.25) is 0 Å². The van der Waals surface area contributed by atoms with Gasteiger partial charge >= 0.3 is 6.03 Å². The van der Waals surface area contributed by atoms with Gasteiger partial charge in [0.25, 0.3) is 0 Å². The maximum atomic E-state index is 12.9. The topological polar surface area (TPSA) is 52.7 Å². The van der Waals surface area contributed by atoms with Crippen LogP contribution in [0.4, 0.5) is 4.79 Å². The lowest BCUT2D eigenvalue weighted by Crippen LogP contribution is -2.23. The molecule has 0 N–H and O–H groups in total. The van der Waals surface area contributed by atoms with Crippen molar-refractivity contribution in [3.05, 3.63) is 107 Å². The minimum absolute atomic E-state index is 0.270. The second-order valence-electron chi connectivity index (χ2n) is 6.48. The highest BCUT2D eigenvalue weighted by Crippen LogP contribution is 2.22. The summed E-state index contributed by atoms with van der Waals surface area (Å²) >= 11 is 0. The zero-order valence-electron chi connectivity index (χ0n) is 15.1. The van der Waals surface area contributed by atoms with E-state index in [-0.39, 0.29) is 6.03 Å². The number of carbonyl (C=O) groups is 1. The fourth-order valence-corrected chi connectivity index (χ4v) is 3.25. The molecule has 0 aliphatic carbocycles. The van der Waals surface area contributed by atoms with Crippen molar-refractivity contribution in [3.63, 3.8) is 0 Å². The Hall–Kier alpha value is -3.47. The summed E-state index contributed by atoms with van der Waals surface area (Å²) in [7, 11) is 0. The fraction of sp³-hybridized carbons (Fsp3) is 0.136. The quantitative estimate of drug-likeness (QED) is 0.553. The Kier molecular flexibility index (Phi) is 4.66. The number of hydrogen-bond donors (Lipinski definition) is 0. The van der Waals surface area contributed by atoms with Crippen LogP contribution in [-0.4, -0.2) is 25.6 Å². The highest BCUT2D eigenvalue weighted by Gasteiger charge is 2.21. The molecule has 5 nitrogen and oxygen atoms in total. The van der Waals surface area contributed by atoms with Crippen LogP contribution in [0.5, 0.6) is 0 Å². The molecule has 5 heteroatoms. The lowest BCUT2D eigenvalue weighted by atomic mass is 9.99. The van der Waals surface area contributed by atoms with E-state index in [4.69, 9.17) is 0 Å². The van der Waals surface area contributed by atoms with Gasteiger partial charge in [-0.1, -0.05) is 60.7 Å². The zero-order valence-corrected chi connectivity index (χ0v) is 15.1. The summed E-state index contributed by atoms with van der Waals surface area (Å²) in [4.78, 5) is 12.9. The third kappa shape index (κ3) is 3.58. The van der Waals surface area contributed by atoms with Gasteiger partial charge in [0.15, 0.2) is 0 Å². The van der Waals surface area contributed by atoms with Crippen LogP contribution in [0.15, 0.2) is 79.1 Å². The summed E-state index contributed by atoms with van der Waals surface area (Å²) in [5.74, 6) is 0. The fourth-order valence-electron chi connectivity index (χ4n) is 3.25. The SMILES string of the molecule is Cc1nn(C(=O)n2cccn2)c(Cc2ccccc2)c1Cc1ccccc1. The van der Waals surface area contributed by atoms with Crippen molar-refractivity contribution in [3.8, 4) is 0 Å². The second-order valence-corrected chi connectivity index (χ2v) is 6.48. The van der Waals surface area contributed by atoms with E-state index in [0.29, 0.717) is 6.42 Å². The van der Waals surface area contributed by atoms with Crippen molar-refractivity contribution >= 4 is 6.03 Å². The lowest BCUT2D eigenvalue weighted by molar-refractivity contribution is 0.237. The molecule has 0 saturated heterocycles. The molecule has 4 rings (SSSR count). The summed E-state index contributed by atoms with van der Waals surface area (Å²) in [6, 6.07) is 21.9. The molecular weight excluding hydrogens is 336 g/mol.